The topological polar surface area (TPSA) is 88.5 Å². The van der Waals surface area contributed by atoms with E-state index in [0.29, 0.717) is 22.8 Å². The second-order valence-corrected chi connectivity index (χ2v) is 4.89. The molecular weight excluding hydrogens is 228 g/mol. The van der Waals surface area contributed by atoms with E-state index >= 15 is 0 Å². The number of hydrogen-bond donors (Lipinski definition) is 3. The van der Waals surface area contributed by atoms with Crippen LogP contribution in [0, 0.1) is 6.92 Å². The van der Waals surface area contributed by atoms with Crippen molar-refractivity contribution < 1.29 is 14.3 Å². The number of nitrogens with one attached hydrogen (secondary N) is 1. The van der Waals surface area contributed by atoms with E-state index in [1.54, 1.807) is 24.8 Å². The first-order valence-corrected chi connectivity index (χ1v) is 5.96. The minimum Gasteiger partial charge on any atom is -0.465 e. The number of nitrogens with two attached hydrogens (primary N) is 1. The van der Waals surface area contributed by atoms with Gasteiger partial charge in [0, 0.05) is 5.25 Å². The van der Waals surface area contributed by atoms with E-state index in [2.05, 4.69) is 5.43 Å². The Balaban J connectivity index is 2.66. The summed E-state index contributed by atoms with van der Waals surface area (Å²) in [5, 5.41) is 9.02. The Labute approximate surface area is 98.4 Å². The van der Waals surface area contributed by atoms with Crippen LogP contribution >= 0.6 is 11.8 Å². The summed E-state index contributed by atoms with van der Waals surface area (Å²) in [6.45, 7) is 3.77. The fraction of sp³-hybridized carbons (Fsp3) is 0.500. The number of amides is 1. The maximum absolute atomic E-state index is 11.3. The first-order valence-electron chi connectivity index (χ1n) is 4.91. The molecule has 0 aliphatic rings. The van der Waals surface area contributed by atoms with E-state index in [0.717, 1.165) is 0 Å². The molecule has 1 amide bonds. The molecule has 1 unspecified atom stereocenters. The quantitative estimate of drug-likeness (QED) is 0.405. The van der Waals surface area contributed by atoms with Crippen molar-refractivity contribution in [3.63, 3.8) is 0 Å². The summed E-state index contributed by atoms with van der Waals surface area (Å²) in [7, 11) is 0. The molecule has 4 N–H and O–H groups in total. The van der Waals surface area contributed by atoms with E-state index in [9.17, 15) is 4.79 Å². The van der Waals surface area contributed by atoms with Crippen molar-refractivity contribution in [1.82, 2.24) is 5.43 Å². The first-order chi connectivity index (χ1) is 7.58. The standard InChI is InChI=1S/C10H16N2O3S/c1-6(4-13)16-5-8-3-9(7(2)15-8)10(14)12-11/h3,6,13H,4-5,11H2,1-2H3,(H,12,14). The second kappa shape index (κ2) is 5.93. The van der Waals surface area contributed by atoms with E-state index in [4.69, 9.17) is 15.4 Å². The molecule has 0 spiro atoms. The van der Waals surface area contributed by atoms with Gasteiger partial charge in [-0.25, -0.2) is 5.84 Å². The second-order valence-electron chi connectivity index (χ2n) is 3.46. The van der Waals surface area contributed by atoms with E-state index in [1.807, 2.05) is 6.92 Å². The molecule has 0 bridgehead atoms. The molecule has 16 heavy (non-hydrogen) atoms. The summed E-state index contributed by atoms with van der Waals surface area (Å²) in [6.07, 6.45) is 0. The Kier molecular flexibility index (Phi) is 4.85. The van der Waals surface area contributed by atoms with Crippen LogP contribution in [0.1, 0.15) is 28.8 Å². The van der Waals surface area contributed by atoms with Gasteiger partial charge < -0.3 is 9.52 Å². The highest BCUT2D eigenvalue weighted by Gasteiger charge is 2.14. The summed E-state index contributed by atoms with van der Waals surface area (Å²) in [6, 6.07) is 1.68. The number of carbonyl (C=O) groups excluding carboxylic acids is 1. The van der Waals surface area contributed by atoms with Gasteiger partial charge in [-0.3, -0.25) is 10.2 Å². The molecule has 0 aromatic carbocycles. The van der Waals surface area contributed by atoms with Crippen LogP contribution in [0.4, 0.5) is 0 Å². The van der Waals surface area contributed by atoms with Gasteiger partial charge >= 0.3 is 0 Å². The fourth-order valence-electron chi connectivity index (χ4n) is 1.20. The molecule has 90 valence electrons. The lowest BCUT2D eigenvalue weighted by atomic mass is 10.2. The number of aliphatic hydroxyl groups excluding tert-OH is 1. The molecule has 1 heterocycles. The smallest absolute Gasteiger partial charge is 0.268 e. The van der Waals surface area contributed by atoms with Gasteiger partial charge in [-0.2, -0.15) is 0 Å². The maximum Gasteiger partial charge on any atom is 0.268 e. The number of aliphatic hydroxyl groups is 1. The summed E-state index contributed by atoms with van der Waals surface area (Å²) in [4.78, 5) is 11.3. The predicted molar refractivity (Wildman–Crippen MR) is 62.9 cm³/mol. The number of hydrogen-bond acceptors (Lipinski definition) is 5. The van der Waals surface area contributed by atoms with Gasteiger partial charge in [-0.1, -0.05) is 6.92 Å². The Bertz CT molecular complexity index is 365. The Morgan fingerprint density at radius 3 is 3.00 bits per heavy atom. The molecule has 0 aliphatic heterocycles. The number of nitrogen functional groups attached to an aromatic ring is 1. The molecule has 0 radical (unpaired) electrons. The summed E-state index contributed by atoms with van der Waals surface area (Å²) in [5.41, 5.74) is 2.52. The molecule has 1 atom stereocenters. The highest BCUT2D eigenvalue weighted by molar-refractivity contribution is 7.99. The zero-order valence-electron chi connectivity index (χ0n) is 9.32. The first kappa shape index (κ1) is 13.1. The Morgan fingerprint density at radius 1 is 1.75 bits per heavy atom. The van der Waals surface area contributed by atoms with Crippen LogP contribution in [0.25, 0.3) is 0 Å². The van der Waals surface area contributed by atoms with Crippen LogP contribution in [0.15, 0.2) is 10.5 Å². The van der Waals surface area contributed by atoms with Crippen LogP contribution in [0.5, 0.6) is 0 Å². The van der Waals surface area contributed by atoms with Gasteiger partial charge in [-0.15, -0.1) is 11.8 Å². The molecule has 0 aliphatic carbocycles. The van der Waals surface area contributed by atoms with Crippen molar-refractivity contribution in [2.24, 2.45) is 5.84 Å². The molecule has 1 rings (SSSR count). The van der Waals surface area contributed by atoms with Crippen molar-refractivity contribution in [1.29, 1.82) is 0 Å². The molecule has 1 aromatic rings. The number of carbonyl (C=O) groups is 1. The van der Waals surface area contributed by atoms with Gasteiger partial charge in [0.15, 0.2) is 0 Å². The number of thioether (sulfide) groups is 1. The van der Waals surface area contributed by atoms with Crippen LogP contribution in [0.2, 0.25) is 0 Å². The van der Waals surface area contributed by atoms with E-state index in [-0.39, 0.29) is 17.8 Å². The van der Waals surface area contributed by atoms with Crippen molar-refractivity contribution in [2.45, 2.75) is 24.9 Å². The third-order valence-corrected chi connectivity index (χ3v) is 3.28. The van der Waals surface area contributed by atoms with E-state index in [1.165, 1.54) is 0 Å². The van der Waals surface area contributed by atoms with Crippen molar-refractivity contribution in [2.75, 3.05) is 6.61 Å². The van der Waals surface area contributed by atoms with Gasteiger partial charge in [0.25, 0.3) is 5.91 Å². The van der Waals surface area contributed by atoms with E-state index < -0.39 is 0 Å². The van der Waals surface area contributed by atoms with Gasteiger partial charge in [-0.05, 0) is 13.0 Å². The van der Waals surface area contributed by atoms with Crippen molar-refractivity contribution >= 4 is 17.7 Å². The molecule has 0 saturated heterocycles. The monoisotopic (exact) mass is 244 g/mol. The zero-order chi connectivity index (χ0) is 12.1. The SMILES string of the molecule is Cc1oc(CSC(C)CO)cc1C(=O)NN. The lowest BCUT2D eigenvalue weighted by Gasteiger charge is -2.04. The van der Waals surface area contributed by atoms with Gasteiger partial charge in [0.2, 0.25) is 0 Å². The molecule has 5 nitrogen and oxygen atoms in total. The zero-order valence-corrected chi connectivity index (χ0v) is 10.1. The fourth-order valence-corrected chi connectivity index (χ4v) is 1.89. The maximum atomic E-state index is 11.3. The van der Waals surface area contributed by atoms with Gasteiger partial charge in [0.05, 0.1) is 17.9 Å². The molecule has 0 fully saturated rings. The Hall–Kier alpha value is -0.980. The molecule has 6 heteroatoms. The summed E-state index contributed by atoms with van der Waals surface area (Å²) >= 11 is 1.56. The predicted octanol–water partition coefficient (Wildman–Crippen LogP) is 0.806. The van der Waals surface area contributed by atoms with Crippen molar-refractivity contribution in [3.8, 4) is 0 Å². The third-order valence-electron chi connectivity index (χ3n) is 2.11. The minimum absolute atomic E-state index is 0.125. The van der Waals surface area contributed by atoms with Crippen LogP contribution < -0.4 is 11.3 Å². The normalized spacial score (nSPS) is 12.5. The average molecular weight is 244 g/mol. The van der Waals surface area contributed by atoms with Crippen molar-refractivity contribution in [3.05, 3.63) is 23.2 Å². The van der Waals surface area contributed by atoms with Crippen LogP contribution in [-0.2, 0) is 5.75 Å². The third kappa shape index (κ3) is 3.26. The highest BCUT2D eigenvalue weighted by atomic mass is 32.2. The molecule has 0 saturated carbocycles. The van der Waals surface area contributed by atoms with Gasteiger partial charge in [0.1, 0.15) is 11.5 Å². The summed E-state index contributed by atoms with van der Waals surface area (Å²) in [5.74, 6) is 6.58. The lowest BCUT2D eigenvalue weighted by Crippen LogP contribution is -2.30. The number of aryl methyl sites for hydroxylation is 1. The number of hydrazine groups is 1. The van der Waals surface area contributed by atoms with Crippen LogP contribution in [0.3, 0.4) is 0 Å². The van der Waals surface area contributed by atoms with Crippen LogP contribution in [-0.4, -0.2) is 22.9 Å². The average Bonchev–Trinajstić information content (AvgIpc) is 2.66. The highest BCUT2D eigenvalue weighted by Crippen LogP contribution is 2.21. The largest absolute Gasteiger partial charge is 0.465 e. The molecule has 1 aromatic heterocycles. The molecular formula is C10H16N2O3S. The summed E-state index contributed by atoms with van der Waals surface area (Å²) < 4.78 is 5.41. The Morgan fingerprint density at radius 2 is 2.44 bits per heavy atom. The minimum atomic E-state index is -0.354. The number of furan rings is 1. The lowest BCUT2D eigenvalue weighted by molar-refractivity contribution is 0.0952. The number of rotatable bonds is 5.